The van der Waals surface area contributed by atoms with E-state index in [2.05, 4.69) is 10.2 Å². The second-order valence-corrected chi connectivity index (χ2v) is 5.81. The third-order valence-corrected chi connectivity index (χ3v) is 3.87. The monoisotopic (exact) mass is 291 g/mol. The predicted molar refractivity (Wildman–Crippen MR) is 84.5 cm³/mol. The van der Waals surface area contributed by atoms with Gasteiger partial charge in [0, 0.05) is 36.9 Å². The van der Waals surface area contributed by atoms with Crippen LogP contribution >= 0.6 is 0 Å². The Morgan fingerprint density at radius 3 is 2.67 bits per heavy atom. The number of hydrogen-bond donors (Lipinski definition) is 2. The van der Waals surface area contributed by atoms with Crippen LogP contribution < -0.4 is 11.1 Å². The number of anilines is 1. The Hall–Kier alpha value is -1.59. The van der Waals surface area contributed by atoms with E-state index in [1.807, 2.05) is 26.8 Å². The average Bonchev–Trinajstić information content (AvgIpc) is 2.43. The standard InChI is InChI=1S/C16H25N3O2/c1-11-8-12(2)15(17)9-14(11)16(20)18-13(3)10-19-4-6-21-7-5-19/h8-9,13H,4-7,10,17H2,1-3H3,(H,18,20). The van der Waals surface area contributed by atoms with Gasteiger partial charge >= 0.3 is 0 Å². The molecule has 1 atom stereocenters. The molecule has 1 unspecified atom stereocenters. The van der Waals surface area contributed by atoms with Crippen molar-refractivity contribution in [2.24, 2.45) is 0 Å². The normalized spacial score (nSPS) is 17.5. The highest BCUT2D eigenvalue weighted by Gasteiger charge is 2.17. The topological polar surface area (TPSA) is 67.6 Å². The zero-order valence-electron chi connectivity index (χ0n) is 13.1. The molecular formula is C16H25N3O2. The molecule has 0 radical (unpaired) electrons. The van der Waals surface area contributed by atoms with E-state index in [0.717, 1.165) is 44.0 Å². The lowest BCUT2D eigenvalue weighted by atomic mass is 10.0. The molecule has 1 fully saturated rings. The fraction of sp³-hybridized carbons (Fsp3) is 0.562. The van der Waals surface area contributed by atoms with E-state index in [1.54, 1.807) is 6.07 Å². The van der Waals surface area contributed by atoms with Crippen LogP contribution in [0.4, 0.5) is 5.69 Å². The Morgan fingerprint density at radius 1 is 1.33 bits per heavy atom. The highest BCUT2D eigenvalue weighted by atomic mass is 16.5. The zero-order valence-corrected chi connectivity index (χ0v) is 13.1. The first-order valence-corrected chi connectivity index (χ1v) is 7.45. The smallest absolute Gasteiger partial charge is 0.251 e. The van der Waals surface area contributed by atoms with Gasteiger partial charge in [-0.25, -0.2) is 0 Å². The van der Waals surface area contributed by atoms with E-state index in [0.29, 0.717) is 11.3 Å². The number of hydrogen-bond acceptors (Lipinski definition) is 4. The molecule has 1 aromatic carbocycles. The van der Waals surface area contributed by atoms with E-state index in [1.165, 1.54) is 0 Å². The maximum atomic E-state index is 12.4. The predicted octanol–water partition coefficient (Wildman–Crippen LogP) is 1.34. The van der Waals surface area contributed by atoms with Gasteiger partial charge in [0.05, 0.1) is 13.2 Å². The number of nitrogens with two attached hydrogens (primary N) is 1. The van der Waals surface area contributed by atoms with Crippen molar-refractivity contribution in [2.45, 2.75) is 26.8 Å². The van der Waals surface area contributed by atoms with Gasteiger partial charge in [0.25, 0.3) is 5.91 Å². The number of nitrogens with zero attached hydrogens (tertiary/aromatic N) is 1. The fourth-order valence-corrected chi connectivity index (χ4v) is 2.63. The maximum absolute atomic E-state index is 12.4. The minimum atomic E-state index is -0.0556. The molecule has 1 aliphatic rings. The van der Waals surface area contributed by atoms with Crippen molar-refractivity contribution in [1.29, 1.82) is 0 Å². The third-order valence-electron chi connectivity index (χ3n) is 3.87. The molecule has 0 spiro atoms. The number of benzene rings is 1. The highest BCUT2D eigenvalue weighted by Crippen LogP contribution is 2.17. The first kappa shape index (κ1) is 15.8. The second kappa shape index (κ2) is 6.91. The summed E-state index contributed by atoms with van der Waals surface area (Å²) in [6, 6.07) is 3.82. The molecule has 1 aliphatic heterocycles. The fourth-order valence-electron chi connectivity index (χ4n) is 2.63. The molecular weight excluding hydrogens is 266 g/mol. The van der Waals surface area contributed by atoms with Gasteiger partial charge in [0.2, 0.25) is 0 Å². The number of amides is 1. The average molecular weight is 291 g/mol. The van der Waals surface area contributed by atoms with E-state index in [-0.39, 0.29) is 11.9 Å². The molecule has 1 saturated heterocycles. The highest BCUT2D eigenvalue weighted by molar-refractivity contribution is 5.96. The van der Waals surface area contributed by atoms with Gasteiger partial charge in [-0.1, -0.05) is 6.07 Å². The zero-order chi connectivity index (χ0) is 15.4. The summed E-state index contributed by atoms with van der Waals surface area (Å²) in [6.07, 6.45) is 0. The van der Waals surface area contributed by atoms with Crippen LogP contribution in [0.2, 0.25) is 0 Å². The third kappa shape index (κ3) is 4.19. The number of carbonyl (C=O) groups excluding carboxylic acids is 1. The molecule has 5 nitrogen and oxygen atoms in total. The van der Waals surface area contributed by atoms with Crippen LogP contribution in [-0.2, 0) is 4.74 Å². The van der Waals surface area contributed by atoms with Crippen LogP contribution in [0, 0.1) is 13.8 Å². The Morgan fingerprint density at radius 2 is 2.00 bits per heavy atom. The Kier molecular flexibility index (Phi) is 5.20. The van der Waals surface area contributed by atoms with Crippen LogP contribution in [0.25, 0.3) is 0 Å². The quantitative estimate of drug-likeness (QED) is 0.821. The molecule has 0 aliphatic carbocycles. The van der Waals surface area contributed by atoms with Gasteiger partial charge in [-0.2, -0.15) is 0 Å². The van der Waals surface area contributed by atoms with Crippen LogP contribution in [0.1, 0.15) is 28.4 Å². The van der Waals surface area contributed by atoms with Crippen molar-refractivity contribution in [2.75, 3.05) is 38.6 Å². The van der Waals surface area contributed by atoms with E-state index in [4.69, 9.17) is 10.5 Å². The SMILES string of the molecule is Cc1cc(C)c(C(=O)NC(C)CN2CCOCC2)cc1N. The first-order valence-electron chi connectivity index (χ1n) is 7.45. The van der Waals surface area contributed by atoms with Crippen molar-refractivity contribution in [1.82, 2.24) is 10.2 Å². The Bertz CT molecular complexity index is 510. The molecule has 116 valence electrons. The summed E-state index contributed by atoms with van der Waals surface area (Å²) in [6.45, 7) is 10.2. The minimum absolute atomic E-state index is 0.0556. The van der Waals surface area contributed by atoms with E-state index in [9.17, 15) is 4.79 Å². The summed E-state index contributed by atoms with van der Waals surface area (Å²) in [5.41, 5.74) is 9.18. The minimum Gasteiger partial charge on any atom is -0.398 e. The van der Waals surface area contributed by atoms with Gasteiger partial charge in [-0.15, -0.1) is 0 Å². The summed E-state index contributed by atoms with van der Waals surface area (Å²) >= 11 is 0. The van der Waals surface area contributed by atoms with Crippen molar-refractivity contribution in [3.63, 3.8) is 0 Å². The number of nitrogen functional groups attached to an aromatic ring is 1. The molecule has 1 heterocycles. The van der Waals surface area contributed by atoms with Gasteiger partial charge in [-0.3, -0.25) is 9.69 Å². The number of aryl methyl sites for hydroxylation is 2. The van der Waals surface area contributed by atoms with Crippen LogP contribution in [-0.4, -0.2) is 49.7 Å². The second-order valence-electron chi connectivity index (χ2n) is 5.81. The largest absolute Gasteiger partial charge is 0.398 e. The molecule has 0 saturated carbocycles. The summed E-state index contributed by atoms with van der Waals surface area (Å²) in [7, 11) is 0. The van der Waals surface area contributed by atoms with Crippen LogP contribution in [0.15, 0.2) is 12.1 Å². The number of ether oxygens (including phenoxy) is 1. The summed E-state index contributed by atoms with van der Waals surface area (Å²) in [5.74, 6) is -0.0556. The van der Waals surface area contributed by atoms with Gasteiger partial charge in [0.15, 0.2) is 0 Å². The van der Waals surface area contributed by atoms with Crippen molar-refractivity contribution in [3.8, 4) is 0 Å². The molecule has 0 aromatic heterocycles. The number of morpholine rings is 1. The number of carbonyl (C=O) groups is 1. The molecule has 1 aromatic rings. The van der Waals surface area contributed by atoms with Crippen molar-refractivity contribution < 1.29 is 9.53 Å². The van der Waals surface area contributed by atoms with E-state index < -0.39 is 0 Å². The lowest BCUT2D eigenvalue weighted by Gasteiger charge is -2.29. The summed E-state index contributed by atoms with van der Waals surface area (Å²) in [5, 5.41) is 3.05. The van der Waals surface area contributed by atoms with E-state index >= 15 is 0 Å². The van der Waals surface area contributed by atoms with Crippen molar-refractivity contribution >= 4 is 11.6 Å². The molecule has 1 amide bonds. The Labute approximate surface area is 126 Å². The Balaban J connectivity index is 1.95. The summed E-state index contributed by atoms with van der Waals surface area (Å²) < 4.78 is 5.33. The number of nitrogens with one attached hydrogen (secondary N) is 1. The molecule has 2 rings (SSSR count). The van der Waals surface area contributed by atoms with Gasteiger partial charge in [0.1, 0.15) is 0 Å². The van der Waals surface area contributed by atoms with Crippen LogP contribution in [0.5, 0.6) is 0 Å². The molecule has 3 N–H and O–H groups in total. The maximum Gasteiger partial charge on any atom is 0.251 e. The van der Waals surface area contributed by atoms with Gasteiger partial charge in [-0.05, 0) is 38.0 Å². The molecule has 21 heavy (non-hydrogen) atoms. The molecule has 5 heteroatoms. The lowest BCUT2D eigenvalue weighted by Crippen LogP contribution is -2.46. The first-order chi connectivity index (χ1) is 9.97. The van der Waals surface area contributed by atoms with Gasteiger partial charge < -0.3 is 15.8 Å². The van der Waals surface area contributed by atoms with Crippen molar-refractivity contribution in [3.05, 3.63) is 28.8 Å². The summed E-state index contributed by atoms with van der Waals surface area (Å²) in [4.78, 5) is 14.7. The van der Waals surface area contributed by atoms with Crippen LogP contribution in [0.3, 0.4) is 0 Å². The lowest BCUT2D eigenvalue weighted by molar-refractivity contribution is 0.0342. The molecule has 0 bridgehead atoms. The number of rotatable bonds is 4.